The van der Waals surface area contributed by atoms with Crippen molar-refractivity contribution in [2.45, 2.75) is 6.92 Å². The van der Waals surface area contributed by atoms with Crippen molar-refractivity contribution in [2.24, 2.45) is 0 Å². The summed E-state index contributed by atoms with van der Waals surface area (Å²) < 4.78 is 14.8. The lowest BCUT2D eigenvalue weighted by molar-refractivity contribution is -0.384. The first-order valence-corrected chi connectivity index (χ1v) is 9.15. The van der Waals surface area contributed by atoms with Crippen molar-refractivity contribution < 1.29 is 18.9 Å². The molecule has 31 heavy (non-hydrogen) atoms. The number of nitro groups is 1. The van der Waals surface area contributed by atoms with E-state index in [-0.39, 0.29) is 22.5 Å². The highest BCUT2D eigenvalue weighted by Gasteiger charge is 2.42. The number of anilines is 1. The maximum absolute atomic E-state index is 13.3. The molecule has 0 saturated carbocycles. The second-order valence-corrected chi connectivity index (χ2v) is 6.91. The topological polar surface area (TPSA) is 111 Å². The molecular formula is C21H12FN5O4. The van der Waals surface area contributed by atoms with Crippen LogP contribution in [0.25, 0.3) is 16.7 Å². The number of aryl methyl sites for hydroxylation is 1. The SMILES string of the molecule is Cc1nn(-c2ccc(F)cc2)c2ncc3c(c12)C(=O)N(c1ccccc1[N+](=O)[O-])C3=O. The van der Waals surface area contributed by atoms with Crippen molar-refractivity contribution in [3.8, 4) is 5.69 Å². The minimum Gasteiger partial charge on any atom is -0.268 e. The van der Waals surface area contributed by atoms with Gasteiger partial charge < -0.3 is 0 Å². The molecule has 1 aliphatic heterocycles. The van der Waals surface area contributed by atoms with Gasteiger partial charge in [-0.05, 0) is 37.3 Å². The maximum atomic E-state index is 13.3. The van der Waals surface area contributed by atoms with Crippen molar-refractivity contribution in [3.63, 3.8) is 0 Å². The Kier molecular flexibility index (Phi) is 3.90. The molecule has 0 aliphatic carbocycles. The highest BCUT2D eigenvalue weighted by Crippen LogP contribution is 2.37. The normalized spacial score (nSPS) is 13.2. The standard InChI is InChI=1S/C21H12FN5O4/c1-11-17-18-14(10-23-19(17)26(24-11)13-8-6-12(22)7-9-13)20(28)25(21(18)29)15-4-2-3-5-16(15)27(30)31/h2-10H,1H3. The van der Waals surface area contributed by atoms with Crippen LogP contribution in [0.5, 0.6) is 0 Å². The predicted octanol–water partition coefficient (Wildman–Crippen LogP) is 3.58. The average Bonchev–Trinajstić information content (AvgIpc) is 3.22. The Morgan fingerprint density at radius 1 is 1.03 bits per heavy atom. The quantitative estimate of drug-likeness (QED) is 0.286. The molecule has 0 bridgehead atoms. The van der Waals surface area contributed by atoms with Crippen LogP contribution in [0.15, 0.2) is 54.7 Å². The number of halogens is 1. The second kappa shape index (κ2) is 6.52. The lowest BCUT2D eigenvalue weighted by atomic mass is 10.1. The van der Waals surface area contributed by atoms with Gasteiger partial charge in [0.05, 0.1) is 32.8 Å². The van der Waals surface area contributed by atoms with Gasteiger partial charge in [-0.25, -0.2) is 19.0 Å². The Morgan fingerprint density at radius 3 is 2.45 bits per heavy atom. The largest absolute Gasteiger partial charge is 0.293 e. The molecule has 0 radical (unpaired) electrons. The molecule has 0 saturated heterocycles. The first-order valence-electron chi connectivity index (χ1n) is 9.15. The number of nitro benzene ring substituents is 1. The van der Waals surface area contributed by atoms with E-state index in [0.29, 0.717) is 22.4 Å². The van der Waals surface area contributed by atoms with E-state index in [4.69, 9.17) is 0 Å². The lowest BCUT2D eigenvalue weighted by Gasteiger charge is -2.13. The summed E-state index contributed by atoms with van der Waals surface area (Å²) in [4.78, 5) is 42.2. The van der Waals surface area contributed by atoms with Crippen LogP contribution in [0.4, 0.5) is 15.8 Å². The van der Waals surface area contributed by atoms with Crippen LogP contribution >= 0.6 is 0 Å². The third-order valence-electron chi connectivity index (χ3n) is 5.11. The molecule has 1 aliphatic rings. The molecule has 4 aromatic rings. The Bertz CT molecular complexity index is 1430. The maximum Gasteiger partial charge on any atom is 0.293 e. The van der Waals surface area contributed by atoms with Gasteiger partial charge in [0.15, 0.2) is 5.65 Å². The van der Waals surface area contributed by atoms with Crippen molar-refractivity contribution >= 4 is 34.2 Å². The van der Waals surface area contributed by atoms with Gasteiger partial charge >= 0.3 is 0 Å². The minimum absolute atomic E-state index is 0.0393. The highest BCUT2D eigenvalue weighted by molar-refractivity contribution is 6.38. The Morgan fingerprint density at radius 2 is 1.74 bits per heavy atom. The predicted molar refractivity (Wildman–Crippen MR) is 108 cm³/mol. The van der Waals surface area contributed by atoms with Gasteiger partial charge in [-0.15, -0.1) is 0 Å². The Balaban J connectivity index is 1.72. The minimum atomic E-state index is -0.697. The zero-order valence-corrected chi connectivity index (χ0v) is 15.9. The first-order chi connectivity index (χ1) is 14.9. The molecule has 2 amide bonds. The van der Waals surface area contributed by atoms with Gasteiger partial charge in [-0.1, -0.05) is 12.1 Å². The number of benzene rings is 2. The van der Waals surface area contributed by atoms with Crippen LogP contribution in [-0.4, -0.2) is 31.5 Å². The van der Waals surface area contributed by atoms with Gasteiger partial charge in [0.2, 0.25) is 0 Å². The molecule has 3 heterocycles. The first kappa shape index (κ1) is 18.6. The number of aromatic nitrogens is 3. The van der Waals surface area contributed by atoms with Crippen LogP contribution in [0.2, 0.25) is 0 Å². The van der Waals surface area contributed by atoms with Crippen LogP contribution in [0.1, 0.15) is 26.4 Å². The number of para-hydroxylation sites is 2. The third kappa shape index (κ3) is 2.61. The fourth-order valence-electron chi connectivity index (χ4n) is 3.75. The number of carbonyl (C=O) groups excluding carboxylic acids is 2. The average molecular weight is 417 g/mol. The molecule has 5 rings (SSSR count). The molecule has 0 fully saturated rings. The Labute approximate surface area is 173 Å². The molecule has 2 aromatic carbocycles. The van der Waals surface area contributed by atoms with E-state index in [1.54, 1.807) is 6.92 Å². The van der Waals surface area contributed by atoms with Crippen molar-refractivity contribution in [2.75, 3.05) is 4.90 Å². The summed E-state index contributed by atoms with van der Waals surface area (Å²) in [5, 5.41) is 16.2. The number of hydrogen-bond acceptors (Lipinski definition) is 6. The molecule has 10 heteroatoms. The van der Waals surface area contributed by atoms with Gasteiger partial charge in [-0.3, -0.25) is 19.7 Å². The van der Waals surface area contributed by atoms with Gasteiger partial charge in [0.1, 0.15) is 11.5 Å². The monoisotopic (exact) mass is 417 g/mol. The number of rotatable bonds is 3. The fraction of sp³-hybridized carbons (Fsp3) is 0.0476. The molecule has 152 valence electrons. The molecule has 2 aromatic heterocycles. The zero-order valence-electron chi connectivity index (χ0n) is 15.9. The van der Waals surface area contributed by atoms with E-state index < -0.39 is 22.6 Å². The van der Waals surface area contributed by atoms with E-state index in [0.717, 1.165) is 4.90 Å². The summed E-state index contributed by atoms with van der Waals surface area (Å²) in [5.74, 6) is -1.80. The number of carbonyl (C=O) groups is 2. The van der Waals surface area contributed by atoms with Gasteiger partial charge in [0.25, 0.3) is 17.5 Å². The summed E-state index contributed by atoms with van der Waals surface area (Å²) in [6.45, 7) is 1.66. The van der Waals surface area contributed by atoms with E-state index in [9.17, 15) is 24.1 Å². The second-order valence-electron chi connectivity index (χ2n) is 6.91. The van der Waals surface area contributed by atoms with Gasteiger partial charge in [-0.2, -0.15) is 5.10 Å². The van der Waals surface area contributed by atoms with Crippen LogP contribution < -0.4 is 4.90 Å². The molecule has 0 atom stereocenters. The third-order valence-corrected chi connectivity index (χ3v) is 5.11. The summed E-state index contributed by atoms with van der Waals surface area (Å²) in [5.41, 5.74) is 0.925. The van der Waals surface area contributed by atoms with E-state index >= 15 is 0 Å². The van der Waals surface area contributed by atoms with Crippen molar-refractivity contribution in [3.05, 3.63) is 87.5 Å². The highest BCUT2D eigenvalue weighted by atomic mass is 19.1. The van der Waals surface area contributed by atoms with Crippen LogP contribution in [-0.2, 0) is 0 Å². The van der Waals surface area contributed by atoms with E-state index in [1.807, 2.05) is 0 Å². The molecular weight excluding hydrogens is 405 g/mol. The van der Waals surface area contributed by atoms with Gasteiger partial charge in [0, 0.05) is 12.3 Å². The summed E-state index contributed by atoms with van der Waals surface area (Å²) in [7, 11) is 0. The van der Waals surface area contributed by atoms with Crippen LogP contribution in [0.3, 0.4) is 0 Å². The number of amides is 2. The molecule has 0 unspecified atom stereocenters. The number of fused-ring (bicyclic) bond motifs is 3. The van der Waals surface area contributed by atoms with Crippen LogP contribution in [0, 0.1) is 22.9 Å². The molecule has 9 nitrogen and oxygen atoms in total. The number of imide groups is 1. The summed E-state index contributed by atoms with van der Waals surface area (Å²) >= 11 is 0. The fourth-order valence-corrected chi connectivity index (χ4v) is 3.75. The zero-order chi connectivity index (χ0) is 21.9. The number of pyridine rings is 1. The van der Waals surface area contributed by atoms with Crippen molar-refractivity contribution in [1.82, 2.24) is 14.8 Å². The summed E-state index contributed by atoms with van der Waals surface area (Å²) in [6.07, 6.45) is 1.26. The molecule has 0 N–H and O–H groups in total. The van der Waals surface area contributed by atoms with Crippen molar-refractivity contribution in [1.29, 1.82) is 0 Å². The Hall–Kier alpha value is -4.47. The van der Waals surface area contributed by atoms with E-state index in [1.165, 1.54) is 59.4 Å². The smallest absolute Gasteiger partial charge is 0.268 e. The van der Waals surface area contributed by atoms with E-state index in [2.05, 4.69) is 10.1 Å². The lowest BCUT2D eigenvalue weighted by Crippen LogP contribution is -2.30. The molecule has 0 spiro atoms. The summed E-state index contributed by atoms with van der Waals surface area (Å²) in [6, 6.07) is 11.1. The number of hydrogen-bond donors (Lipinski definition) is 0. The number of nitrogens with zero attached hydrogens (tertiary/aromatic N) is 5.